The third-order valence-corrected chi connectivity index (χ3v) is 2.98. The van der Waals surface area contributed by atoms with Crippen LogP contribution in [0.5, 0.6) is 0 Å². The number of halogens is 2. The number of aromatic nitrogens is 2. The summed E-state index contributed by atoms with van der Waals surface area (Å²) in [4.78, 5) is 8.41. The summed E-state index contributed by atoms with van der Waals surface area (Å²) in [6.45, 7) is 2.83. The molecule has 0 bridgehead atoms. The minimum absolute atomic E-state index is 0.184. The molecule has 106 valence electrons. The Bertz CT molecular complexity index is 546. The second kappa shape index (κ2) is 7.05. The molecule has 0 aliphatic rings. The molecule has 0 saturated heterocycles. The molecule has 2 rings (SSSR count). The van der Waals surface area contributed by atoms with Crippen LogP contribution in [0.15, 0.2) is 36.7 Å². The van der Waals surface area contributed by atoms with Crippen molar-refractivity contribution >= 4 is 0 Å². The van der Waals surface area contributed by atoms with Gasteiger partial charge >= 0.3 is 0 Å². The molecule has 1 unspecified atom stereocenters. The molecule has 0 amide bonds. The van der Waals surface area contributed by atoms with E-state index in [1.54, 1.807) is 18.5 Å². The lowest BCUT2D eigenvalue weighted by Gasteiger charge is -2.17. The molecule has 0 fully saturated rings. The number of nitrogens with one attached hydrogen (secondary N) is 1. The highest BCUT2D eigenvalue weighted by Crippen LogP contribution is 2.18. The minimum atomic E-state index is -0.569. The highest BCUT2D eigenvalue weighted by Gasteiger charge is 2.16. The van der Waals surface area contributed by atoms with Crippen molar-refractivity contribution in [1.82, 2.24) is 15.3 Å². The first-order valence-corrected chi connectivity index (χ1v) is 6.65. The summed E-state index contributed by atoms with van der Waals surface area (Å²) in [5.41, 5.74) is 0.451. The average molecular weight is 277 g/mol. The summed E-state index contributed by atoms with van der Waals surface area (Å²) in [5, 5.41) is 3.29. The van der Waals surface area contributed by atoms with Crippen molar-refractivity contribution in [3.8, 4) is 0 Å². The van der Waals surface area contributed by atoms with E-state index in [0.717, 1.165) is 19.0 Å². The van der Waals surface area contributed by atoms with Crippen LogP contribution < -0.4 is 5.32 Å². The Labute approximate surface area is 117 Å². The summed E-state index contributed by atoms with van der Waals surface area (Å²) < 4.78 is 26.7. The highest BCUT2D eigenvalue weighted by atomic mass is 19.1. The van der Waals surface area contributed by atoms with E-state index in [1.807, 2.05) is 6.92 Å². The zero-order valence-electron chi connectivity index (χ0n) is 11.3. The molecule has 5 heteroatoms. The number of benzene rings is 1. The summed E-state index contributed by atoms with van der Waals surface area (Å²) in [7, 11) is 0. The SMILES string of the molecule is CCCNC(Cc1ccc(F)cc1F)c1ncccn1. The molecule has 1 aromatic heterocycles. The molecule has 3 nitrogen and oxygen atoms in total. The van der Waals surface area contributed by atoms with Crippen LogP contribution in [0.2, 0.25) is 0 Å². The Morgan fingerprint density at radius 3 is 2.60 bits per heavy atom. The van der Waals surface area contributed by atoms with Crippen LogP contribution in [0.3, 0.4) is 0 Å². The van der Waals surface area contributed by atoms with Gasteiger partial charge in [0.05, 0.1) is 6.04 Å². The molecular weight excluding hydrogens is 260 g/mol. The van der Waals surface area contributed by atoms with Gasteiger partial charge in [0, 0.05) is 18.5 Å². The third-order valence-electron chi connectivity index (χ3n) is 2.98. The molecule has 0 saturated carbocycles. The van der Waals surface area contributed by atoms with Crippen molar-refractivity contribution in [3.63, 3.8) is 0 Å². The second-order valence-corrected chi connectivity index (χ2v) is 4.55. The lowest BCUT2D eigenvalue weighted by atomic mass is 10.0. The lowest BCUT2D eigenvalue weighted by Crippen LogP contribution is -2.26. The molecule has 0 radical (unpaired) electrons. The Kier molecular flexibility index (Phi) is 5.12. The van der Waals surface area contributed by atoms with Crippen LogP contribution in [0, 0.1) is 11.6 Å². The summed E-state index contributed by atoms with van der Waals surface area (Å²) in [5.74, 6) is -0.491. The summed E-state index contributed by atoms with van der Waals surface area (Å²) in [6.07, 6.45) is 4.65. The Hall–Kier alpha value is -1.88. The van der Waals surface area contributed by atoms with E-state index < -0.39 is 11.6 Å². The number of hydrogen-bond donors (Lipinski definition) is 1. The topological polar surface area (TPSA) is 37.8 Å². The largest absolute Gasteiger partial charge is 0.307 e. The van der Waals surface area contributed by atoms with Gasteiger partial charge in [-0.05, 0) is 37.1 Å². The van der Waals surface area contributed by atoms with Gasteiger partial charge in [0.25, 0.3) is 0 Å². The summed E-state index contributed by atoms with van der Waals surface area (Å²) >= 11 is 0. The third kappa shape index (κ3) is 3.81. The van der Waals surface area contributed by atoms with Crippen LogP contribution in [-0.2, 0) is 6.42 Å². The first-order valence-electron chi connectivity index (χ1n) is 6.65. The van der Waals surface area contributed by atoms with Crippen LogP contribution in [0.1, 0.15) is 30.8 Å². The minimum Gasteiger partial charge on any atom is -0.307 e. The first kappa shape index (κ1) is 14.5. The molecule has 0 aliphatic heterocycles. The van der Waals surface area contributed by atoms with Crippen molar-refractivity contribution in [1.29, 1.82) is 0 Å². The van der Waals surface area contributed by atoms with Crippen LogP contribution in [0.25, 0.3) is 0 Å². The zero-order valence-corrected chi connectivity index (χ0v) is 11.3. The second-order valence-electron chi connectivity index (χ2n) is 4.55. The highest BCUT2D eigenvalue weighted by molar-refractivity contribution is 5.20. The standard InChI is InChI=1S/C15H17F2N3/c1-2-6-18-14(15-19-7-3-8-20-15)9-11-4-5-12(16)10-13(11)17/h3-5,7-8,10,14,18H,2,6,9H2,1H3. The maximum atomic E-state index is 13.7. The molecule has 0 spiro atoms. The molecule has 1 N–H and O–H groups in total. The van der Waals surface area contributed by atoms with Crippen molar-refractivity contribution in [2.75, 3.05) is 6.54 Å². The fourth-order valence-corrected chi connectivity index (χ4v) is 1.97. The van der Waals surface area contributed by atoms with Crippen LogP contribution in [-0.4, -0.2) is 16.5 Å². The molecular formula is C15H17F2N3. The van der Waals surface area contributed by atoms with Gasteiger partial charge in [-0.25, -0.2) is 18.7 Å². The van der Waals surface area contributed by atoms with E-state index in [1.165, 1.54) is 12.1 Å². The smallest absolute Gasteiger partial charge is 0.145 e. The molecule has 1 heterocycles. The molecule has 0 aliphatic carbocycles. The van der Waals surface area contributed by atoms with Gasteiger partial charge in [0.15, 0.2) is 0 Å². The maximum Gasteiger partial charge on any atom is 0.145 e. The number of hydrogen-bond acceptors (Lipinski definition) is 3. The quantitative estimate of drug-likeness (QED) is 0.882. The summed E-state index contributed by atoms with van der Waals surface area (Å²) in [6, 6.07) is 5.18. The van der Waals surface area contributed by atoms with E-state index in [4.69, 9.17) is 0 Å². The van der Waals surface area contributed by atoms with Crippen molar-refractivity contribution in [2.24, 2.45) is 0 Å². The van der Waals surface area contributed by atoms with Crippen LogP contribution >= 0.6 is 0 Å². The van der Waals surface area contributed by atoms with Gasteiger partial charge in [-0.1, -0.05) is 13.0 Å². The van der Waals surface area contributed by atoms with Gasteiger partial charge in [-0.2, -0.15) is 0 Å². The Morgan fingerprint density at radius 1 is 1.20 bits per heavy atom. The van der Waals surface area contributed by atoms with Crippen molar-refractivity contribution in [2.45, 2.75) is 25.8 Å². The van der Waals surface area contributed by atoms with E-state index in [2.05, 4.69) is 15.3 Å². The zero-order chi connectivity index (χ0) is 14.4. The van der Waals surface area contributed by atoms with Gasteiger partial charge < -0.3 is 5.32 Å². The van der Waals surface area contributed by atoms with Gasteiger partial charge in [-0.15, -0.1) is 0 Å². The molecule has 20 heavy (non-hydrogen) atoms. The van der Waals surface area contributed by atoms with Gasteiger partial charge in [0.1, 0.15) is 17.5 Å². The molecule has 2 aromatic rings. The number of rotatable bonds is 6. The van der Waals surface area contributed by atoms with E-state index >= 15 is 0 Å². The average Bonchev–Trinajstić information content (AvgIpc) is 2.46. The fourth-order valence-electron chi connectivity index (χ4n) is 1.97. The van der Waals surface area contributed by atoms with E-state index in [9.17, 15) is 8.78 Å². The van der Waals surface area contributed by atoms with Crippen molar-refractivity contribution < 1.29 is 8.78 Å². The number of nitrogens with zero attached hydrogens (tertiary/aromatic N) is 2. The van der Waals surface area contributed by atoms with Gasteiger partial charge in [-0.3, -0.25) is 0 Å². The monoisotopic (exact) mass is 277 g/mol. The normalized spacial score (nSPS) is 12.3. The van der Waals surface area contributed by atoms with Gasteiger partial charge in [0.2, 0.25) is 0 Å². The van der Waals surface area contributed by atoms with Crippen molar-refractivity contribution in [3.05, 3.63) is 59.7 Å². The maximum absolute atomic E-state index is 13.7. The van der Waals surface area contributed by atoms with E-state index in [-0.39, 0.29) is 6.04 Å². The first-order chi connectivity index (χ1) is 9.70. The van der Waals surface area contributed by atoms with E-state index in [0.29, 0.717) is 17.8 Å². The van der Waals surface area contributed by atoms with Crippen LogP contribution in [0.4, 0.5) is 8.78 Å². The predicted octanol–water partition coefficient (Wildman–Crippen LogP) is 3.04. The Morgan fingerprint density at radius 2 is 1.95 bits per heavy atom. The molecule has 1 aromatic carbocycles. The Balaban J connectivity index is 2.19. The fraction of sp³-hybridized carbons (Fsp3) is 0.333. The lowest BCUT2D eigenvalue weighted by molar-refractivity contribution is 0.489. The predicted molar refractivity (Wildman–Crippen MR) is 73.1 cm³/mol. The molecule has 1 atom stereocenters.